The lowest BCUT2D eigenvalue weighted by Crippen LogP contribution is -1.99. The number of methoxy groups -OCH3 is 1. The summed E-state index contributed by atoms with van der Waals surface area (Å²) in [4.78, 5) is 0. The third-order valence-corrected chi connectivity index (χ3v) is 5.47. The van der Waals surface area contributed by atoms with Crippen LogP contribution in [0.1, 0.15) is 5.56 Å². The van der Waals surface area contributed by atoms with Crippen molar-refractivity contribution in [2.24, 2.45) is 0 Å². The zero-order valence-corrected chi connectivity index (χ0v) is 16.8. The molecule has 28 heavy (non-hydrogen) atoms. The molecule has 0 saturated carbocycles. The first kappa shape index (κ1) is 18.6. The van der Waals surface area contributed by atoms with Gasteiger partial charge in [-0.1, -0.05) is 65.8 Å². The molecule has 0 N–H and O–H groups in total. The van der Waals surface area contributed by atoms with Gasteiger partial charge in [-0.2, -0.15) is 0 Å². The highest BCUT2D eigenvalue weighted by Crippen LogP contribution is 2.31. The Kier molecular flexibility index (Phi) is 5.65. The Hall–Kier alpha value is -2.76. The lowest BCUT2D eigenvalue weighted by molar-refractivity contribution is 0.414. The summed E-state index contributed by atoms with van der Waals surface area (Å²) in [6.45, 7) is 0. The van der Waals surface area contributed by atoms with Crippen molar-refractivity contribution < 1.29 is 4.74 Å². The van der Waals surface area contributed by atoms with E-state index >= 15 is 0 Å². The molecule has 4 rings (SSSR count). The van der Waals surface area contributed by atoms with Crippen LogP contribution in [0.15, 0.2) is 84.0 Å². The summed E-state index contributed by atoms with van der Waals surface area (Å²) in [5.41, 5.74) is 3.10. The highest BCUT2D eigenvalue weighted by molar-refractivity contribution is 7.98. The van der Waals surface area contributed by atoms with E-state index in [1.165, 1.54) is 0 Å². The number of thioether (sulfide) groups is 1. The van der Waals surface area contributed by atoms with Crippen molar-refractivity contribution in [3.05, 3.63) is 89.4 Å². The largest absolute Gasteiger partial charge is 0.497 e. The van der Waals surface area contributed by atoms with E-state index in [0.717, 1.165) is 39.3 Å². The minimum atomic E-state index is 0.672. The van der Waals surface area contributed by atoms with Crippen LogP contribution in [0.2, 0.25) is 5.02 Å². The van der Waals surface area contributed by atoms with Gasteiger partial charge in [0.15, 0.2) is 11.0 Å². The molecule has 0 saturated heterocycles. The van der Waals surface area contributed by atoms with Crippen LogP contribution in [0, 0.1) is 0 Å². The van der Waals surface area contributed by atoms with Crippen LogP contribution in [-0.4, -0.2) is 21.9 Å². The van der Waals surface area contributed by atoms with Gasteiger partial charge >= 0.3 is 0 Å². The number of hydrogen-bond acceptors (Lipinski definition) is 4. The Morgan fingerprint density at radius 3 is 2.54 bits per heavy atom. The van der Waals surface area contributed by atoms with Gasteiger partial charge in [0.05, 0.1) is 7.11 Å². The Bertz CT molecular complexity index is 1080. The van der Waals surface area contributed by atoms with E-state index in [1.54, 1.807) is 18.9 Å². The molecule has 0 aliphatic rings. The normalized spacial score (nSPS) is 10.8. The summed E-state index contributed by atoms with van der Waals surface area (Å²) in [5, 5.41) is 10.4. The van der Waals surface area contributed by atoms with Crippen molar-refractivity contribution in [1.82, 2.24) is 14.8 Å². The van der Waals surface area contributed by atoms with E-state index < -0.39 is 0 Å². The van der Waals surface area contributed by atoms with Crippen LogP contribution >= 0.6 is 23.4 Å². The third kappa shape index (κ3) is 4.06. The second-order valence-electron chi connectivity index (χ2n) is 6.13. The zero-order valence-electron chi connectivity index (χ0n) is 15.2. The average molecular weight is 408 g/mol. The molecule has 4 aromatic rings. The van der Waals surface area contributed by atoms with Gasteiger partial charge in [-0.15, -0.1) is 10.2 Å². The Morgan fingerprint density at radius 1 is 0.929 bits per heavy atom. The number of ether oxygens (including phenoxy) is 1. The molecule has 0 amide bonds. The van der Waals surface area contributed by atoms with E-state index in [-0.39, 0.29) is 0 Å². The molecule has 0 unspecified atom stereocenters. The summed E-state index contributed by atoms with van der Waals surface area (Å²) in [7, 11) is 1.68. The van der Waals surface area contributed by atoms with Gasteiger partial charge in [-0.05, 0) is 42.0 Å². The van der Waals surface area contributed by atoms with Gasteiger partial charge in [0.25, 0.3) is 0 Å². The van der Waals surface area contributed by atoms with E-state index in [1.807, 2.05) is 72.8 Å². The summed E-state index contributed by atoms with van der Waals surface area (Å²) in [6.07, 6.45) is 0. The van der Waals surface area contributed by atoms with Crippen molar-refractivity contribution in [2.75, 3.05) is 7.11 Å². The summed E-state index contributed by atoms with van der Waals surface area (Å²) in [6, 6.07) is 25.8. The van der Waals surface area contributed by atoms with E-state index in [9.17, 15) is 0 Å². The molecular formula is C22H18ClN3OS. The molecule has 0 radical (unpaired) electrons. The fourth-order valence-electron chi connectivity index (χ4n) is 2.90. The highest BCUT2D eigenvalue weighted by atomic mass is 35.5. The molecule has 0 atom stereocenters. The van der Waals surface area contributed by atoms with Crippen molar-refractivity contribution in [3.8, 4) is 22.8 Å². The van der Waals surface area contributed by atoms with Gasteiger partial charge in [0, 0.05) is 22.0 Å². The monoisotopic (exact) mass is 407 g/mol. The Balaban J connectivity index is 1.71. The fraction of sp³-hybridized carbons (Fsp3) is 0.0909. The SMILES string of the molecule is COc1cccc(CSc2nnc(-c3cccc(Cl)c3)n2-c2ccccc2)c1. The van der Waals surface area contributed by atoms with E-state index in [4.69, 9.17) is 16.3 Å². The smallest absolute Gasteiger partial charge is 0.196 e. The Labute approximate surface area is 173 Å². The fourth-order valence-corrected chi connectivity index (χ4v) is 3.98. The first-order chi connectivity index (χ1) is 13.7. The maximum Gasteiger partial charge on any atom is 0.196 e. The molecule has 0 spiro atoms. The first-order valence-corrected chi connectivity index (χ1v) is 10.1. The van der Waals surface area contributed by atoms with Crippen molar-refractivity contribution in [3.63, 3.8) is 0 Å². The van der Waals surface area contributed by atoms with Crippen LogP contribution in [-0.2, 0) is 5.75 Å². The number of aromatic nitrogens is 3. The van der Waals surface area contributed by atoms with E-state index in [2.05, 4.69) is 20.8 Å². The second kappa shape index (κ2) is 8.50. The molecule has 140 valence electrons. The molecular weight excluding hydrogens is 390 g/mol. The summed E-state index contributed by atoms with van der Waals surface area (Å²) in [5.74, 6) is 2.38. The molecule has 0 aliphatic carbocycles. The predicted molar refractivity (Wildman–Crippen MR) is 114 cm³/mol. The molecule has 1 heterocycles. The van der Waals surface area contributed by atoms with Gasteiger partial charge in [-0.25, -0.2) is 0 Å². The second-order valence-corrected chi connectivity index (χ2v) is 7.51. The molecule has 1 aromatic heterocycles. The highest BCUT2D eigenvalue weighted by Gasteiger charge is 2.16. The van der Waals surface area contributed by atoms with Crippen LogP contribution in [0.25, 0.3) is 17.1 Å². The molecule has 4 nitrogen and oxygen atoms in total. The zero-order chi connectivity index (χ0) is 19.3. The number of para-hydroxylation sites is 1. The van der Waals surface area contributed by atoms with Crippen LogP contribution in [0.4, 0.5) is 0 Å². The maximum atomic E-state index is 6.20. The quantitative estimate of drug-likeness (QED) is 0.374. The van der Waals surface area contributed by atoms with Gasteiger partial charge in [-0.3, -0.25) is 4.57 Å². The number of rotatable bonds is 6. The van der Waals surface area contributed by atoms with Crippen molar-refractivity contribution in [1.29, 1.82) is 0 Å². The van der Waals surface area contributed by atoms with Crippen molar-refractivity contribution >= 4 is 23.4 Å². The number of halogens is 1. The standard InChI is InChI=1S/C22H18ClN3OS/c1-27-20-12-5-7-16(13-20)15-28-22-25-24-21(17-8-6-9-18(23)14-17)26(22)19-10-3-2-4-11-19/h2-14H,15H2,1H3. The minimum absolute atomic E-state index is 0.672. The van der Waals surface area contributed by atoms with Crippen LogP contribution in [0.3, 0.4) is 0 Å². The lowest BCUT2D eigenvalue weighted by Gasteiger charge is -2.11. The number of nitrogens with zero attached hydrogens (tertiary/aromatic N) is 3. The maximum absolute atomic E-state index is 6.20. The molecule has 0 aliphatic heterocycles. The van der Waals surface area contributed by atoms with Gasteiger partial charge < -0.3 is 4.74 Å². The van der Waals surface area contributed by atoms with Crippen LogP contribution in [0.5, 0.6) is 5.75 Å². The predicted octanol–water partition coefficient (Wildman–Crippen LogP) is 5.89. The minimum Gasteiger partial charge on any atom is -0.497 e. The third-order valence-electron chi connectivity index (χ3n) is 4.23. The van der Waals surface area contributed by atoms with Crippen molar-refractivity contribution in [2.45, 2.75) is 10.9 Å². The van der Waals surface area contributed by atoms with Crippen LogP contribution < -0.4 is 4.74 Å². The van der Waals surface area contributed by atoms with E-state index in [0.29, 0.717) is 5.02 Å². The molecule has 3 aromatic carbocycles. The molecule has 0 fully saturated rings. The first-order valence-electron chi connectivity index (χ1n) is 8.77. The summed E-state index contributed by atoms with van der Waals surface area (Å²) >= 11 is 7.83. The topological polar surface area (TPSA) is 39.9 Å². The van der Waals surface area contributed by atoms with Gasteiger partial charge in [0.2, 0.25) is 0 Å². The molecule has 0 bridgehead atoms. The average Bonchev–Trinajstić information content (AvgIpc) is 3.17. The number of benzene rings is 3. The lowest BCUT2D eigenvalue weighted by atomic mass is 10.2. The molecule has 6 heteroatoms. The summed E-state index contributed by atoms with van der Waals surface area (Å²) < 4.78 is 7.38. The number of hydrogen-bond donors (Lipinski definition) is 0. The van der Waals surface area contributed by atoms with Gasteiger partial charge in [0.1, 0.15) is 5.75 Å². The Morgan fingerprint density at radius 2 is 1.75 bits per heavy atom.